The van der Waals surface area contributed by atoms with E-state index >= 15 is 0 Å². The number of halogens is 1. The van der Waals surface area contributed by atoms with Crippen molar-refractivity contribution in [1.29, 1.82) is 0 Å². The largest absolute Gasteiger partial charge is 0.341 e. The smallest absolute Gasteiger partial charge is 0.312 e. The van der Waals surface area contributed by atoms with E-state index < -0.39 is 17.9 Å². The Morgan fingerprint density at radius 2 is 1.69 bits per heavy atom. The van der Waals surface area contributed by atoms with E-state index in [1.165, 1.54) is 21.9 Å². The Morgan fingerprint density at radius 1 is 1.08 bits per heavy atom. The lowest BCUT2D eigenvalue weighted by molar-refractivity contribution is -0.161. The summed E-state index contributed by atoms with van der Waals surface area (Å²) in [6.07, 6.45) is 0.465. The molecule has 1 fully saturated rings. The Hall–Kier alpha value is -2.44. The van der Waals surface area contributed by atoms with Crippen molar-refractivity contribution in [2.75, 3.05) is 26.2 Å². The van der Waals surface area contributed by atoms with Gasteiger partial charge in [0.2, 0.25) is 5.91 Å². The zero-order chi connectivity index (χ0) is 19.3. The average molecular weight is 363 g/mol. The maximum Gasteiger partial charge on any atom is 0.312 e. The van der Waals surface area contributed by atoms with Gasteiger partial charge in [-0.3, -0.25) is 14.4 Å². The van der Waals surface area contributed by atoms with E-state index in [1.807, 2.05) is 20.8 Å². The fourth-order valence-corrected chi connectivity index (χ4v) is 3.22. The van der Waals surface area contributed by atoms with E-state index in [4.69, 9.17) is 0 Å². The van der Waals surface area contributed by atoms with Gasteiger partial charge >= 0.3 is 11.8 Å². The van der Waals surface area contributed by atoms with Crippen LogP contribution in [0.25, 0.3) is 0 Å². The van der Waals surface area contributed by atoms with Crippen LogP contribution in [0.5, 0.6) is 0 Å². The first-order chi connectivity index (χ1) is 12.4. The molecule has 1 saturated heterocycles. The van der Waals surface area contributed by atoms with E-state index in [0.717, 1.165) is 5.56 Å². The SMILES string of the molecule is CC[C@H](C(=O)N(CC)CC)N1CCN(Cc2ccc(F)cc2)C(=O)C1=O. The van der Waals surface area contributed by atoms with Crippen molar-refractivity contribution < 1.29 is 18.8 Å². The number of rotatable bonds is 7. The molecule has 0 saturated carbocycles. The van der Waals surface area contributed by atoms with Gasteiger partial charge < -0.3 is 14.7 Å². The van der Waals surface area contributed by atoms with Crippen LogP contribution in [0.4, 0.5) is 4.39 Å². The first-order valence-electron chi connectivity index (χ1n) is 9.05. The van der Waals surface area contributed by atoms with Gasteiger partial charge in [-0.05, 0) is 38.0 Å². The van der Waals surface area contributed by atoms with Gasteiger partial charge in [0.05, 0.1) is 0 Å². The quantitative estimate of drug-likeness (QED) is 0.692. The van der Waals surface area contributed by atoms with Crippen molar-refractivity contribution in [1.82, 2.24) is 14.7 Å². The third-order valence-electron chi connectivity index (χ3n) is 4.75. The van der Waals surface area contributed by atoms with E-state index in [1.54, 1.807) is 17.0 Å². The molecule has 0 aliphatic carbocycles. The summed E-state index contributed by atoms with van der Waals surface area (Å²) >= 11 is 0. The van der Waals surface area contributed by atoms with Gasteiger partial charge in [0.1, 0.15) is 11.9 Å². The van der Waals surface area contributed by atoms with Gasteiger partial charge in [-0.2, -0.15) is 0 Å². The molecule has 0 spiro atoms. The lowest BCUT2D eigenvalue weighted by Gasteiger charge is -2.39. The summed E-state index contributed by atoms with van der Waals surface area (Å²) in [7, 11) is 0. The van der Waals surface area contributed by atoms with Gasteiger partial charge in [-0.15, -0.1) is 0 Å². The standard InChI is InChI=1S/C19H26FN3O3/c1-4-16(17(24)21(5-2)6-3)23-12-11-22(18(25)19(23)26)13-14-7-9-15(20)10-8-14/h7-10,16H,4-6,11-13H2,1-3H3/t16-/m1/s1. The minimum atomic E-state index is -0.647. The highest BCUT2D eigenvalue weighted by molar-refractivity contribution is 6.35. The Morgan fingerprint density at radius 3 is 2.23 bits per heavy atom. The predicted octanol–water partition coefficient (Wildman–Crippen LogP) is 1.64. The molecule has 0 N–H and O–H groups in total. The zero-order valence-electron chi connectivity index (χ0n) is 15.6. The van der Waals surface area contributed by atoms with Crippen LogP contribution in [0.2, 0.25) is 0 Å². The summed E-state index contributed by atoms with van der Waals surface area (Å²) < 4.78 is 13.0. The van der Waals surface area contributed by atoms with Crippen LogP contribution in [0, 0.1) is 5.82 Å². The molecule has 1 heterocycles. The molecule has 1 aromatic carbocycles. The number of hydrogen-bond donors (Lipinski definition) is 0. The molecule has 7 heteroatoms. The Kier molecular flexibility index (Phi) is 6.71. The fraction of sp³-hybridized carbons (Fsp3) is 0.526. The maximum atomic E-state index is 13.0. The van der Waals surface area contributed by atoms with Crippen LogP contribution in [-0.4, -0.2) is 64.6 Å². The van der Waals surface area contributed by atoms with Crippen molar-refractivity contribution in [3.05, 3.63) is 35.6 Å². The lowest BCUT2D eigenvalue weighted by Crippen LogP contribution is -2.60. The monoisotopic (exact) mass is 363 g/mol. The molecular weight excluding hydrogens is 337 g/mol. The third kappa shape index (κ3) is 4.20. The summed E-state index contributed by atoms with van der Waals surface area (Å²) in [6, 6.07) is 5.23. The molecule has 6 nitrogen and oxygen atoms in total. The molecule has 1 aliphatic heterocycles. The van der Waals surface area contributed by atoms with E-state index in [2.05, 4.69) is 0 Å². The Labute approximate surface area is 153 Å². The molecule has 26 heavy (non-hydrogen) atoms. The second-order valence-corrected chi connectivity index (χ2v) is 6.29. The number of nitrogens with zero attached hydrogens (tertiary/aromatic N) is 3. The van der Waals surface area contributed by atoms with Gasteiger partial charge in [-0.25, -0.2) is 4.39 Å². The number of piperazine rings is 1. The highest BCUT2D eigenvalue weighted by Crippen LogP contribution is 2.16. The van der Waals surface area contributed by atoms with Gasteiger partial charge in [0.15, 0.2) is 0 Å². The Bertz CT molecular complexity index is 658. The van der Waals surface area contributed by atoms with Crippen LogP contribution in [-0.2, 0) is 20.9 Å². The summed E-state index contributed by atoms with van der Waals surface area (Å²) in [4.78, 5) is 42.3. The third-order valence-corrected chi connectivity index (χ3v) is 4.75. The highest BCUT2D eigenvalue weighted by Gasteiger charge is 2.39. The van der Waals surface area contributed by atoms with Crippen molar-refractivity contribution >= 4 is 17.7 Å². The minimum absolute atomic E-state index is 0.120. The van der Waals surface area contributed by atoms with Gasteiger partial charge in [0.25, 0.3) is 0 Å². The van der Waals surface area contributed by atoms with Crippen LogP contribution in [0.3, 0.4) is 0 Å². The van der Waals surface area contributed by atoms with Crippen LogP contribution in [0.15, 0.2) is 24.3 Å². The number of carbonyl (C=O) groups is 3. The first kappa shape index (κ1) is 19.9. The molecule has 3 amide bonds. The second kappa shape index (κ2) is 8.78. The fourth-order valence-electron chi connectivity index (χ4n) is 3.22. The van der Waals surface area contributed by atoms with E-state index in [0.29, 0.717) is 32.6 Å². The van der Waals surface area contributed by atoms with Gasteiger partial charge in [0, 0.05) is 32.7 Å². The van der Waals surface area contributed by atoms with Crippen molar-refractivity contribution in [2.45, 2.75) is 39.8 Å². The van der Waals surface area contributed by atoms with E-state index in [9.17, 15) is 18.8 Å². The van der Waals surface area contributed by atoms with Crippen LogP contribution in [0.1, 0.15) is 32.8 Å². The molecule has 0 unspecified atom stereocenters. The number of hydrogen-bond acceptors (Lipinski definition) is 3. The predicted molar refractivity (Wildman–Crippen MR) is 95.5 cm³/mol. The normalized spacial score (nSPS) is 16.0. The lowest BCUT2D eigenvalue weighted by atomic mass is 10.1. The summed E-state index contributed by atoms with van der Waals surface area (Å²) in [5, 5.41) is 0. The second-order valence-electron chi connectivity index (χ2n) is 6.29. The van der Waals surface area contributed by atoms with Crippen molar-refractivity contribution in [3.63, 3.8) is 0 Å². The van der Waals surface area contributed by atoms with Gasteiger partial charge in [-0.1, -0.05) is 19.1 Å². The average Bonchev–Trinajstić information content (AvgIpc) is 2.64. The topological polar surface area (TPSA) is 60.9 Å². The van der Waals surface area contributed by atoms with Crippen LogP contribution >= 0.6 is 0 Å². The number of amides is 3. The Balaban J connectivity index is 2.09. The number of likely N-dealkylation sites (N-methyl/N-ethyl adjacent to an activating group) is 1. The molecule has 142 valence electrons. The van der Waals surface area contributed by atoms with Crippen molar-refractivity contribution in [2.24, 2.45) is 0 Å². The van der Waals surface area contributed by atoms with Crippen molar-refractivity contribution in [3.8, 4) is 0 Å². The molecule has 0 radical (unpaired) electrons. The zero-order valence-corrected chi connectivity index (χ0v) is 15.6. The highest BCUT2D eigenvalue weighted by atomic mass is 19.1. The first-order valence-corrected chi connectivity index (χ1v) is 9.05. The number of carbonyl (C=O) groups excluding carboxylic acids is 3. The van der Waals surface area contributed by atoms with Crippen LogP contribution < -0.4 is 0 Å². The summed E-state index contributed by atoms with van der Waals surface area (Å²) in [5.74, 6) is -1.73. The molecule has 0 bridgehead atoms. The molecule has 1 atom stereocenters. The number of benzene rings is 1. The molecular formula is C19H26FN3O3. The maximum absolute atomic E-state index is 13.0. The molecule has 2 rings (SSSR count). The molecule has 1 aromatic rings. The molecule has 1 aliphatic rings. The summed E-state index contributed by atoms with van der Waals surface area (Å²) in [5.41, 5.74) is 0.757. The molecule has 0 aromatic heterocycles. The summed E-state index contributed by atoms with van der Waals surface area (Å²) in [6.45, 7) is 7.68. The minimum Gasteiger partial charge on any atom is -0.341 e. The van der Waals surface area contributed by atoms with E-state index in [-0.39, 0.29) is 18.3 Å².